The summed E-state index contributed by atoms with van der Waals surface area (Å²) in [7, 11) is 2.02. The third-order valence-corrected chi connectivity index (χ3v) is 3.93. The third kappa shape index (κ3) is 3.39. The van der Waals surface area contributed by atoms with Crippen molar-refractivity contribution in [3.8, 4) is 11.4 Å². The maximum Gasteiger partial charge on any atom is 0.241 e. The van der Waals surface area contributed by atoms with Crippen LogP contribution in [0, 0.1) is 0 Å². The molecule has 0 bridgehead atoms. The molecule has 2 heterocycles. The zero-order valence-corrected chi connectivity index (χ0v) is 13.8. The zero-order valence-electron chi connectivity index (χ0n) is 13.8. The molecule has 0 aliphatic carbocycles. The lowest BCUT2D eigenvalue weighted by atomic mass is 10.1. The first-order valence-electron chi connectivity index (χ1n) is 8.05. The summed E-state index contributed by atoms with van der Waals surface area (Å²) in [6.07, 6.45) is 3.43. The number of rotatable bonds is 5. The summed E-state index contributed by atoms with van der Waals surface area (Å²) in [5.41, 5.74) is 3.89. The fourth-order valence-electron chi connectivity index (χ4n) is 2.78. The first-order chi connectivity index (χ1) is 12.3. The van der Waals surface area contributed by atoms with E-state index in [-0.39, 0.29) is 0 Å². The van der Waals surface area contributed by atoms with Crippen molar-refractivity contribution in [2.75, 3.05) is 7.05 Å². The van der Waals surface area contributed by atoms with E-state index in [2.05, 4.69) is 31.1 Å². The molecule has 0 N–H and O–H groups in total. The smallest absolute Gasteiger partial charge is 0.241 e. The molecular formula is C19H17N5O. The summed E-state index contributed by atoms with van der Waals surface area (Å²) in [4.78, 5) is 15.4. The van der Waals surface area contributed by atoms with Crippen molar-refractivity contribution in [3.05, 3.63) is 72.4 Å². The predicted molar refractivity (Wildman–Crippen MR) is 94.4 cm³/mol. The molecule has 4 rings (SSSR count). The summed E-state index contributed by atoms with van der Waals surface area (Å²) < 4.78 is 5.38. The number of fused-ring (bicyclic) bond motifs is 1. The Balaban J connectivity index is 1.49. The molecule has 25 heavy (non-hydrogen) atoms. The lowest BCUT2D eigenvalue weighted by Gasteiger charge is -2.15. The molecule has 0 saturated carbocycles. The van der Waals surface area contributed by atoms with Gasteiger partial charge >= 0.3 is 0 Å². The van der Waals surface area contributed by atoms with E-state index in [1.165, 1.54) is 0 Å². The molecule has 2 aromatic heterocycles. The molecule has 0 saturated heterocycles. The average Bonchev–Trinajstić information content (AvgIpc) is 3.11. The lowest BCUT2D eigenvalue weighted by molar-refractivity contribution is 0.261. The van der Waals surface area contributed by atoms with Crippen LogP contribution in [0.1, 0.15) is 11.5 Å². The van der Waals surface area contributed by atoms with E-state index < -0.39 is 0 Å². The van der Waals surface area contributed by atoms with Gasteiger partial charge in [0.05, 0.1) is 17.6 Å². The van der Waals surface area contributed by atoms with E-state index in [1.807, 2.05) is 49.5 Å². The first-order valence-corrected chi connectivity index (χ1v) is 8.05. The molecule has 0 aliphatic rings. The number of hydrogen-bond acceptors (Lipinski definition) is 6. The highest BCUT2D eigenvalue weighted by molar-refractivity contribution is 5.77. The summed E-state index contributed by atoms with van der Waals surface area (Å²) >= 11 is 0. The van der Waals surface area contributed by atoms with Gasteiger partial charge in [0.2, 0.25) is 11.7 Å². The van der Waals surface area contributed by atoms with Crippen molar-refractivity contribution in [1.29, 1.82) is 0 Å². The minimum Gasteiger partial charge on any atom is -0.338 e. The Morgan fingerprint density at radius 2 is 1.76 bits per heavy atom. The molecule has 6 heteroatoms. The van der Waals surface area contributed by atoms with Crippen molar-refractivity contribution in [2.45, 2.75) is 13.1 Å². The van der Waals surface area contributed by atoms with Gasteiger partial charge in [0.25, 0.3) is 0 Å². The minimum atomic E-state index is 0.566. The summed E-state index contributed by atoms with van der Waals surface area (Å²) in [5, 5.41) is 4.06. The van der Waals surface area contributed by atoms with Crippen molar-refractivity contribution in [1.82, 2.24) is 25.0 Å². The van der Waals surface area contributed by atoms with Crippen LogP contribution in [0.5, 0.6) is 0 Å². The van der Waals surface area contributed by atoms with E-state index >= 15 is 0 Å². The first kappa shape index (κ1) is 15.4. The molecule has 0 amide bonds. The summed E-state index contributed by atoms with van der Waals surface area (Å²) in [6, 6.07) is 15.8. The highest BCUT2D eigenvalue weighted by atomic mass is 16.5. The molecule has 0 aliphatic heterocycles. The maximum absolute atomic E-state index is 5.38. The van der Waals surface area contributed by atoms with Gasteiger partial charge in [0, 0.05) is 24.5 Å². The van der Waals surface area contributed by atoms with Gasteiger partial charge in [0.1, 0.15) is 0 Å². The van der Waals surface area contributed by atoms with E-state index in [9.17, 15) is 0 Å². The van der Waals surface area contributed by atoms with Crippen LogP contribution in [0.15, 0.2) is 65.4 Å². The Labute approximate surface area is 145 Å². The second-order valence-electron chi connectivity index (χ2n) is 5.89. The Kier molecular flexibility index (Phi) is 4.18. The van der Waals surface area contributed by atoms with E-state index in [1.54, 1.807) is 12.4 Å². The molecule has 4 aromatic rings. The van der Waals surface area contributed by atoms with Gasteiger partial charge in [-0.15, -0.1) is 0 Å². The Morgan fingerprint density at radius 3 is 2.64 bits per heavy atom. The van der Waals surface area contributed by atoms with Gasteiger partial charge in [-0.3, -0.25) is 14.9 Å². The Bertz CT molecular complexity index is 978. The highest BCUT2D eigenvalue weighted by Gasteiger charge is 2.12. The molecule has 124 valence electrons. The van der Waals surface area contributed by atoms with Crippen molar-refractivity contribution in [2.24, 2.45) is 0 Å². The van der Waals surface area contributed by atoms with Gasteiger partial charge < -0.3 is 4.52 Å². The van der Waals surface area contributed by atoms with Crippen LogP contribution in [0.25, 0.3) is 22.4 Å². The third-order valence-electron chi connectivity index (χ3n) is 3.93. The topological polar surface area (TPSA) is 67.9 Å². The van der Waals surface area contributed by atoms with E-state index in [4.69, 9.17) is 4.52 Å². The molecule has 0 fully saturated rings. The van der Waals surface area contributed by atoms with Gasteiger partial charge in [-0.2, -0.15) is 4.98 Å². The Hall–Kier alpha value is -3.12. The molecular weight excluding hydrogens is 314 g/mol. The van der Waals surface area contributed by atoms with E-state index in [0.717, 1.165) is 28.7 Å². The number of nitrogens with zero attached hydrogens (tertiary/aromatic N) is 5. The maximum atomic E-state index is 5.38. The van der Waals surface area contributed by atoms with Gasteiger partial charge in [-0.1, -0.05) is 47.6 Å². The monoisotopic (exact) mass is 331 g/mol. The number of benzene rings is 2. The molecule has 0 atom stereocenters. The Morgan fingerprint density at radius 1 is 0.920 bits per heavy atom. The molecule has 0 unspecified atom stereocenters. The largest absolute Gasteiger partial charge is 0.338 e. The minimum absolute atomic E-state index is 0.566. The van der Waals surface area contributed by atoms with Gasteiger partial charge in [-0.25, -0.2) is 0 Å². The highest BCUT2D eigenvalue weighted by Crippen LogP contribution is 2.18. The van der Waals surface area contributed by atoms with Crippen LogP contribution in [-0.4, -0.2) is 32.1 Å². The fraction of sp³-hybridized carbons (Fsp3) is 0.158. The standard InChI is InChI=1S/C19H17N5O/c1-24(12-15-8-5-9-16-18(15)21-11-10-20-16)13-17-22-19(23-25-17)14-6-3-2-4-7-14/h2-11H,12-13H2,1H3. The second-order valence-corrected chi connectivity index (χ2v) is 5.89. The van der Waals surface area contributed by atoms with E-state index in [0.29, 0.717) is 18.3 Å². The predicted octanol–water partition coefficient (Wildman–Crippen LogP) is 3.31. The molecule has 0 radical (unpaired) electrons. The number of para-hydroxylation sites is 1. The van der Waals surface area contributed by atoms with Crippen molar-refractivity contribution < 1.29 is 4.52 Å². The number of aromatic nitrogens is 4. The molecule has 2 aromatic carbocycles. The van der Waals surface area contributed by atoms with Gasteiger partial charge in [-0.05, 0) is 18.7 Å². The SMILES string of the molecule is CN(Cc1nc(-c2ccccc2)no1)Cc1cccc2nccnc12. The van der Waals surface area contributed by atoms with Gasteiger partial charge in [0.15, 0.2) is 0 Å². The van der Waals surface area contributed by atoms with Crippen molar-refractivity contribution in [3.63, 3.8) is 0 Å². The zero-order chi connectivity index (χ0) is 17.1. The molecule has 0 spiro atoms. The summed E-state index contributed by atoms with van der Waals surface area (Å²) in [6.45, 7) is 1.29. The molecule has 6 nitrogen and oxygen atoms in total. The normalized spacial score (nSPS) is 11.3. The average molecular weight is 331 g/mol. The van der Waals surface area contributed by atoms with Crippen LogP contribution >= 0.6 is 0 Å². The fourth-order valence-corrected chi connectivity index (χ4v) is 2.78. The summed E-state index contributed by atoms with van der Waals surface area (Å²) in [5.74, 6) is 1.20. The van der Waals surface area contributed by atoms with Crippen LogP contribution in [0.4, 0.5) is 0 Å². The lowest BCUT2D eigenvalue weighted by Crippen LogP contribution is -2.17. The number of hydrogen-bond donors (Lipinski definition) is 0. The second kappa shape index (κ2) is 6.78. The van der Waals surface area contributed by atoms with Crippen LogP contribution in [0.2, 0.25) is 0 Å². The quantitative estimate of drug-likeness (QED) is 0.559. The van der Waals surface area contributed by atoms with Crippen LogP contribution < -0.4 is 0 Å². The van der Waals surface area contributed by atoms with Crippen LogP contribution in [-0.2, 0) is 13.1 Å². The van der Waals surface area contributed by atoms with Crippen molar-refractivity contribution >= 4 is 11.0 Å². The van der Waals surface area contributed by atoms with Crippen LogP contribution in [0.3, 0.4) is 0 Å².